The number of rotatable bonds is 3. The molecule has 2 N–H and O–H groups in total. The highest BCUT2D eigenvalue weighted by Crippen LogP contribution is 2.36. The van der Waals surface area contributed by atoms with Gasteiger partial charge in [0.25, 0.3) is 0 Å². The Morgan fingerprint density at radius 3 is 2.55 bits per heavy atom. The van der Waals surface area contributed by atoms with E-state index < -0.39 is 0 Å². The number of piperidine rings is 1. The van der Waals surface area contributed by atoms with Gasteiger partial charge in [0, 0.05) is 19.0 Å². The van der Waals surface area contributed by atoms with Gasteiger partial charge >= 0.3 is 0 Å². The third-order valence-corrected chi connectivity index (χ3v) is 4.14. The van der Waals surface area contributed by atoms with Gasteiger partial charge in [-0.25, -0.2) is 0 Å². The monoisotopic (exact) mass is 278 g/mol. The number of para-hydroxylation sites is 1. The lowest BCUT2D eigenvalue weighted by atomic mass is 9.95. The van der Waals surface area contributed by atoms with E-state index in [1.807, 2.05) is 12.1 Å². The highest BCUT2D eigenvalue weighted by Gasteiger charge is 2.31. The lowest BCUT2D eigenvalue weighted by molar-refractivity contribution is -0.0889. The van der Waals surface area contributed by atoms with Gasteiger partial charge < -0.3 is 24.8 Å². The Hall–Kier alpha value is -1.46. The molecule has 0 amide bonds. The highest BCUT2D eigenvalue weighted by molar-refractivity contribution is 5.70. The summed E-state index contributed by atoms with van der Waals surface area (Å²) < 4.78 is 16.7. The first-order chi connectivity index (χ1) is 9.79. The van der Waals surface area contributed by atoms with Crippen molar-refractivity contribution in [2.24, 2.45) is 5.92 Å². The zero-order valence-corrected chi connectivity index (χ0v) is 11.9. The van der Waals surface area contributed by atoms with Crippen molar-refractivity contribution in [2.45, 2.75) is 19.1 Å². The first-order valence-corrected chi connectivity index (χ1v) is 7.20. The summed E-state index contributed by atoms with van der Waals surface area (Å²) in [6.07, 6.45) is 2.14. The van der Waals surface area contributed by atoms with Crippen molar-refractivity contribution in [3.8, 4) is 5.75 Å². The Morgan fingerprint density at radius 1 is 1.20 bits per heavy atom. The van der Waals surface area contributed by atoms with E-state index in [1.54, 1.807) is 7.11 Å². The summed E-state index contributed by atoms with van der Waals surface area (Å²) in [5.41, 5.74) is 7.75. The van der Waals surface area contributed by atoms with E-state index in [4.69, 9.17) is 19.9 Å². The number of nitrogens with zero attached hydrogens (tertiary/aromatic N) is 1. The van der Waals surface area contributed by atoms with E-state index in [2.05, 4.69) is 11.0 Å². The molecular weight excluding hydrogens is 256 g/mol. The average Bonchev–Trinajstić information content (AvgIpc) is 3.01. The van der Waals surface area contributed by atoms with E-state index in [9.17, 15) is 0 Å². The van der Waals surface area contributed by atoms with Gasteiger partial charge in [0.15, 0.2) is 12.0 Å². The molecule has 0 atom stereocenters. The molecule has 0 aliphatic carbocycles. The molecular formula is C15H22N2O3. The lowest BCUT2D eigenvalue weighted by Gasteiger charge is -2.36. The highest BCUT2D eigenvalue weighted by atomic mass is 16.7. The summed E-state index contributed by atoms with van der Waals surface area (Å²) in [5.74, 6) is 1.28. The Bertz CT molecular complexity index is 452. The Balaban J connectivity index is 1.67. The molecule has 0 unspecified atom stereocenters. The van der Waals surface area contributed by atoms with Crippen molar-refractivity contribution in [1.29, 1.82) is 0 Å². The summed E-state index contributed by atoms with van der Waals surface area (Å²) in [6.45, 7) is 3.42. The summed E-state index contributed by atoms with van der Waals surface area (Å²) >= 11 is 0. The molecule has 2 fully saturated rings. The topological polar surface area (TPSA) is 57.0 Å². The van der Waals surface area contributed by atoms with Crippen molar-refractivity contribution in [1.82, 2.24) is 0 Å². The van der Waals surface area contributed by atoms with Crippen LogP contribution in [0.15, 0.2) is 18.2 Å². The smallest absolute Gasteiger partial charge is 0.165 e. The van der Waals surface area contributed by atoms with Gasteiger partial charge in [-0.05, 0) is 25.0 Å². The normalized spacial score (nSPS) is 21.4. The van der Waals surface area contributed by atoms with Gasteiger partial charge in [-0.1, -0.05) is 6.07 Å². The number of hydrogen-bond acceptors (Lipinski definition) is 5. The zero-order chi connectivity index (χ0) is 13.9. The van der Waals surface area contributed by atoms with E-state index in [0.717, 1.165) is 50.6 Å². The van der Waals surface area contributed by atoms with Gasteiger partial charge in [0.05, 0.1) is 31.7 Å². The molecule has 0 bridgehead atoms. The first-order valence-electron chi connectivity index (χ1n) is 7.20. The van der Waals surface area contributed by atoms with Crippen molar-refractivity contribution >= 4 is 11.4 Å². The summed E-state index contributed by atoms with van der Waals surface area (Å²) in [4.78, 5) is 2.33. The number of hydrogen-bond donors (Lipinski definition) is 1. The maximum atomic E-state index is 5.97. The van der Waals surface area contributed by atoms with Crippen LogP contribution in [0.5, 0.6) is 5.75 Å². The minimum absolute atomic E-state index is 0.000103. The number of methoxy groups -OCH3 is 1. The van der Waals surface area contributed by atoms with Crippen LogP contribution in [0.2, 0.25) is 0 Å². The Labute approximate surface area is 119 Å². The third-order valence-electron chi connectivity index (χ3n) is 4.14. The molecule has 20 heavy (non-hydrogen) atoms. The van der Waals surface area contributed by atoms with Crippen molar-refractivity contribution < 1.29 is 14.2 Å². The molecule has 2 saturated heterocycles. The standard InChI is InChI=1S/C15H22N2O3/c1-18-14-12(16)3-2-4-13(14)17-7-5-11(6-8-17)15-19-9-10-20-15/h2-4,11,15H,5-10,16H2,1H3. The van der Waals surface area contributed by atoms with Gasteiger partial charge in [-0.2, -0.15) is 0 Å². The molecule has 3 rings (SSSR count). The third kappa shape index (κ3) is 2.55. The fraction of sp³-hybridized carbons (Fsp3) is 0.600. The molecule has 5 nitrogen and oxygen atoms in total. The molecule has 2 aliphatic heterocycles. The first kappa shape index (κ1) is 13.5. The second kappa shape index (κ2) is 5.89. The van der Waals surface area contributed by atoms with Crippen LogP contribution in [0.4, 0.5) is 11.4 Å². The Kier molecular flexibility index (Phi) is 3.98. The molecule has 2 aliphatic rings. The van der Waals surface area contributed by atoms with Crippen LogP contribution in [-0.4, -0.2) is 39.7 Å². The molecule has 0 aromatic heterocycles. The molecule has 0 saturated carbocycles. The second-order valence-corrected chi connectivity index (χ2v) is 5.33. The van der Waals surface area contributed by atoms with E-state index in [1.165, 1.54) is 0 Å². The fourth-order valence-corrected chi connectivity index (χ4v) is 3.07. The minimum atomic E-state index is -0.000103. The van der Waals surface area contributed by atoms with Crippen LogP contribution in [0, 0.1) is 5.92 Å². The van der Waals surface area contributed by atoms with Crippen molar-refractivity contribution in [3.63, 3.8) is 0 Å². The van der Waals surface area contributed by atoms with Crippen LogP contribution in [0.1, 0.15) is 12.8 Å². The van der Waals surface area contributed by atoms with Crippen LogP contribution in [-0.2, 0) is 9.47 Å². The average molecular weight is 278 g/mol. The van der Waals surface area contributed by atoms with Gasteiger partial charge in [-0.15, -0.1) is 0 Å². The zero-order valence-electron chi connectivity index (χ0n) is 11.9. The van der Waals surface area contributed by atoms with Crippen LogP contribution in [0.25, 0.3) is 0 Å². The van der Waals surface area contributed by atoms with Crippen LogP contribution >= 0.6 is 0 Å². The largest absolute Gasteiger partial charge is 0.492 e. The maximum Gasteiger partial charge on any atom is 0.165 e. The SMILES string of the molecule is COc1c(N)cccc1N1CCC(C2OCCO2)CC1. The predicted molar refractivity (Wildman–Crippen MR) is 78.0 cm³/mol. The van der Waals surface area contributed by atoms with Gasteiger partial charge in [0.2, 0.25) is 0 Å². The number of nitrogen functional groups attached to an aromatic ring is 1. The fourth-order valence-electron chi connectivity index (χ4n) is 3.07. The minimum Gasteiger partial charge on any atom is -0.492 e. The molecule has 110 valence electrons. The molecule has 0 spiro atoms. The predicted octanol–water partition coefficient (Wildman–Crippen LogP) is 1.87. The van der Waals surface area contributed by atoms with E-state index in [-0.39, 0.29) is 6.29 Å². The van der Waals surface area contributed by atoms with Crippen LogP contribution < -0.4 is 15.4 Å². The van der Waals surface area contributed by atoms with E-state index >= 15 is 0 Å². The number of nitrogens with two attached hydrogens (primary N) is 1. The molecule has 2 heterocycles. The Morgan fingerprint density at radius 2 is 1.90 bits per heavy atom. The van der Waals surface area contributed by atoms with Crippen LogP contribution in [0.3, 0.4) is 0 Å². The van der Waals surface area contributed by atoms with E-state index in [0.29, 0.717) is 11.6 Å². The van der Waals surface area contributed by atoms with Crippen molar-refractivity contribution in [3.05, 3.63) is 18.2 Å². The maximum absolute atomic E-state index is 5.97. The molecule has 1 aromatic carbocycles. The summed E-state index contributed by atoms with van der Waals surface area (Å²) in [6, 6.07) is 5.91. The van der Waals surface area contributed by atoms with Crippen molar-refractivity contribution in [2.75, 3.05) is 44.0 Å². The number of anilines is 2. The number of ether oxygens (including phenoxy) is 3. The number of benzene rings is 1. The lowest BCUT2D eigenvalue weighted by Crippen LogP contribution is -2.38. The summed E-state index contributed by atoms with van der Waals surface area (Å²) in [5, 5.41) is 0. The molecule has 5 heteroatoms. The van der Waals surface area contributed by atoms with Gasteiger partial charge in [-0.3, -0.25) is 0 Å². The second-order valence-electron chi connectivity index (χ2n) is 5.33. The van der Waals surface area contributed by atoms with Gasteiger partial charge in [0.1, 0.15) is 0 Å². The molecule has 1 aromatic rings. The summed E-state index contributed by atoms with van der Waals surface area (Å²) in [7, 11) is 1.67. The molecule has 0 radical (unpaired) electrons. The quantitative estimate of drug-likeness (QED) is 0.855.